The van der Waals surface area contributed by atoms with Crippen molar-refractivity contribution < 1.29 is 4.42 Å². The van der Waals surface area contributed by atoms with Crippen LogP contribution in [0.1, 0.15) is 0 Å². The Kier molecular flexibility index (Phi) is 2.91. The molecular weight excluding hydrogens is 252 g/mol. The lowest BCUT2D eigenvalue weighted by Gasteiger charge is -2.21. The summed E-state index contributed by atoms with van der Waals surface area (Å²) in [6.45, 7) is 0. The van der Waals surface area contributed by atoms with Crippen LogP contribution in [0.2, 0.25) is 0 Å². The standard InChI is InChI=1S/C16H14N2O2/c1-18(11-7-3-2-4-8-11)14-12-9-5-6-10-13(12)16(19)20-15(14)17/h2-10H,17H2,1H3. The van der Waals surface area contributed by atoms with Gasteiger partial charge in [0, 0.05) is 18.1 Å². The minimum absolute atomic E-state index is 0.125. The highest BCUT2D eigenvalue weighted by Gasteiger charge is 2.15. The van der Waals surface area contributed by atoms with E-state index in [0.29, 0.717) is 11.1 Å². The van der Waals surface area contributed by atoms with E-state index in [0.717, 1.165) is 11.1 Å². The lowest BCUT2D eigenvalue weighted by Crippen LogP contribution is -2.15. The molecule has 0 amide bonds. The fourth-order valence-electron chi connectivity index (χ4n) is 2.33. The Labute approximate surface area is 116 Å². The van der Waals surface area contributed by atoms with Crippen LogP contribution in [0.25, 0.3) is 10.8 Å². The Hall–Kier alpha value is -2.75. The first-order chi connectivity index (χ1) is 9.68. The van der Waals surface area contributed by atoms with E-state index in [1.165, 1.54) is 0 Å². The molecule has 0 spiro atoms. The summed E-state index contributed by atoms with van der Waals surface area (Å²) in [5, 5.41) is 1.31. The first kappa shape index (κ1) is 12.3. The molecule has 0 aliphatic rings. The molecule has 0 fully saturated rings. The summed E-state index contributed by atoms with van der Waals surface area (Å²) >= 11 is 0. The second-order valence-corrected chi connectivity index (χ2v) is 4.54. The number of hydrogen-bond donors (Lipinski definition) is 1. The van der Waals surface area contributed by atoms with Crippen molar-refractivity contribution in [2.75, 3.05) is 17.7 Å². The van der Waals surface area contributed by atoms with E-state index in [9.17, 15) is 4.79 Å². The molecule has 3 rings (SSSR count). The molecule has 0 saturated heterocycles. The van der Waals surface area contributed by atoms with Crippen LogP contribution in [0.5, 0.6) is 0 Å². The third-order valence-electron chi connectivity index (χ3n) is 3.32. The zero-order valence-electron chi connectivity index (χ0n) is 11.0. The van der Waals surface area contributed by atoms with Crippen molar-refractivity contribution in [3.8, 4) is 0 Å². The predicted octanol–water partition coefficient (Wildman–Crippen LogP) is 3.14. The molecule has 2 N–H and O–H groups in total. The fraction of sp³-hybridized carbons (Fsp3) is 0.0625. The van der Waals surface area contributed by atoms with Gasteiger partial charge in [-0.1, -0.05) is 36.4 Å². The van der Waals surface area contributed by atoms with Crippen molar-refractivity contribution in [3.05, 3.63) is 65.0 Å². The molecular formula is C16H14N2O2. The molecule has 0 bridgehead atoms. The first-order valence-corrected chi connectivity index (χ1v) is 6.28. The topological polar surface area (TPSA) is 59.5 Å². The van der Waals surface area contributed by atoms with Gasteiger partial charge in [0.1, 0.15) is 5.69 Å². The van der Waals surface area contributed by atoms with Gasteiger partial charge in [-0.15, -0.1) is 0 Å². The highest BCUT2D eigenvalue weighted by Crippen LogP contribution is 2.34. The Bertz CT molecular complexity index is 810. The van der Waals surface area contributed by atoms with E-state index in [2.05, 4.69) is 0 Å². The number of hydrogen-bond acceptors (Lipinski definition) is 4. The van der Waals surface area contributed by atoms with Crippen LogP contribution in [0, 0.1) is 0 Å². The number of benzene rings is 2. The van der Waals surface area contributed by atoms with Gasteiger partial charge < -0.3 is 15.1 Å². The quantitative estimate of drug-likeness (QED) is 0.774. The summed E-state index contributed by atoms with van der Waals surface area (Å²) in [7, 11) is 1.90. The van der Waals surface area contributed by atoms with Crippen LogP contribution >= 0.6 is 0 Å². The fourth-order valence-corrected chi connectivity index (χ4v) is 2.33. The lowest BCUT2D eigenvalue weighted by molar-refractivity contribution is 0.540. The molecule has 0 aliphatic heterocycles. The number of nitrogen functional groups attached to an aromatic ring is 1. The maximum atomic E-state index is 11.8. The van der Waals surface area contributed by atoms with Crippen LogP contribution < -0.4 is 16.3 Å². The van der Waals surface area contributed by atoms with E-state index in [1.807, 2.05) is 60.5 Å². The van der Waals surface area contributed by atoms with Gasteiger partial charge in [0.25, 0.3) is 0 Å². The van der Waals surface area contributed by atoms with Crippen LogP contribution in [-0.4, -0.2) is 7.05 Å². The van der Waals surface area contributed by atoms with Gasteiger partial charge in [0.2, 0.25) is 5.88 Å². The Balaban J connectivity index is 2.29. The molecule has 0 atom stereocenters. The van der Waals surface area contributed by atoms with Gasteiger partial charge in [0.05, 0.1) is 5.39 Å². The molecule has 0 unspecified atom stereocenters. The summed E-state index contributed by atoms with van der Waals surface area (Å²) in [4.78, 5) is 13.8. The van der Waals surface area contributed by atoms with Gasteiger partial charge in [-0.3, -0.25) is 0 Å². The van der Waals surface area contributed by atoms with Crippen LogP contribution in [-0.2, 0) is 0 Å². The van der Waals surface area contributed by atoms with E-state index in [-0.39, 0.29) is 5.88 Å². The third kappa shape index (κ3) is 1.91. The van der Waals surface area contributed by atoms with Crippen molar-refractivity contribution in [1.82, 2.24) is 0 Å². The van der Waals surface area contributed by atoms with Gasteiger partial charge in [-0.25, -0.2) is 4.79 Å². The molecule has 4 heteroatoms. The maximum absolute atomic E-state index is 11.8. The molecule has 1 heterocycles. The summed E-state index contributed by atoms with van der Waals surface area (Å²) < 4.78 is 5.14. The zero-order valence-corrected chi connectivity index (χ0v) is 11.0. The van der Waals surface area contributed by atoms with Gasteiger partial charge >= 0.3 is 5.63 Å². The number of fused-ring (bicyclic) bond motifs is 1. The average molecular weight is 266 g/mol. The lowest BCUT2D eigenvalue weighted by atomic mass is 10.1. The normalized spacial score (nSPS) is 10.7. The van der Waals surface area contributed by atoms with Crippen molar-refractivity contribution in [2.24, 2.45) is 0 Å². The predicted molar refractivity (Wildman–Crippen MR) is 81.4 cm³/mol. The van der Waals surface area contributed by atoms with E-state index in [4.69, 9.17) is 10.2 Å². The Morgan fingerprint density at radius 1 is 0.950 bits per heavy atom. The van der Waals surface area contributed by atoms with Gasteiger partial charge in [-0.05, 0) is 18.2 Å². The SMILES string of the molecule is CN(c1ccccc1)c1c(N)oc(=O)c2ccccc12. The molecule has 0 aliphatic carbocycles. The summed E-state index contributed by atoms with van der Waals surface area (Å²) in [5.74, 6) is 0.125. The maximum Gasteiger partial charge on any atom is 0.345 e. The van der Waals surface area contributed by atoms with Crippen LogP contribution in [0.4, 0.5) is 17.3 Å². The van der Waals surface area contributed by atoms with E-state index >= 15 is 0 Å². The molecule has 4 nitrogen and oxygen atoms in total. The Morgan fingerprint density at radius 3 is 2.25 bits per heavy atom. The molecule has 2 aromatic carbocycles. The van der Waals surface area contributed by atoms with Crippen molar-refractivity contribution in [2.45, 2.75) is 0 Å². The second kappa shape index (κ2) is 4.74. The average Bonchev–Trinajstić information content (AvgIpc) is 2.48. The monoisotopic (exact) mass is 266 g/mol. The molecule has 100 valence electrons. The Morgan fingerprint density at radius 2 is 1.55 bits per heavy atom. The van der Waals surface area contributed by atoms with Crippen molar-refractivity contribution in [3.63, 3.8) is 0 Å². The van der Waals surface area contributed by atoms with E-state index in [1.54, 1.807) is 6.07 Å². The highest BCUT2D eigenvalue weighted by molar-refractivity contribution is 5.99. The molecule has 0 radical (unpaired) electrons. The number of nitrogens with zero attached hydrogens (tertiary/aromatic N) is 1. The first-order valence-electron chi connectivity index (χ1n) is 6.28. The molecule has 1 aromatic heterocycles. The van der Waals surface area contributed by atoms with Crippen molar-refractivity contribution in [1.29, 1.82) is 0 Å². The molecule has 20 heavy (non-hydrogen) atoms. The minimum Gasteiger partial charge on any atom is -0.404 e. The van der Waals surface area contributed by atoms with E-state index < -0.39 is 5.63 Å². The summed E-state index contributed by atoms with van der Waals surface area (Å²) in [6.07, 6.45) is 0. The minimum atomic E-state index is -0.414. The molecule has 3 aromatic rings. The van der Waals surface area contributed by atoms with Crippen LogP contribution in [0.15, 0.2) is 63.8 Å². The number of para-hydroxylation sites is 1. The summed E-state index contributed by atoms with van der Waals surface area (Å²) in [6, 6.07) is 17.1. The zero-order chi connectivity index (χ0) is 14.1. The highest BCUT2D eigenvalue weighted by atomic mass is 16.4. The molecule has 0 saturated carbocycles. The number of rotatable bonds is 2. The number of anilines is 3. The van der Waals surface area contributed by atoms with Gasteiger partial charge in [-0.2, -0.15) is 0 Å². The smallest absolute Gasteiger partial charge is 0.345 e. The number of nitrogens with two attached hydrogens (primary N) is 1. The van der Waals surface area contributed by atoms with Gasteiger partial charge in [0.15, 0.2) is 0 Å². The summed E-state index contributed by atoms with van der Waals surface area (Å²) in [5.41, 5.74) is 7.17. The third-order valence-corrected chi connectivity index (χ3v) is 3.32. The van der Waals surface area contributed by atoms with Crippen LogP contribution in [0.3, 0.4) is 0 Å². The second-order valence-electron chi connectivity index (χ2n) is 4.54. The largest absolute Gasteiger partial charge is 0.404 e. The van der Waals surface area contributed by atoms with Crippen molar-refractivity contribution >= 4 is 28.0 Å².